The Labute approximate surface area is 221 Å². The van der Waals surface area contributed by atoms with Gasteiger partial charge in [0.2, 0.25) is 0 Å². The number of carbonyl (C=O) groups is 2. The summed E-state index contributed by atoms with van der Waals surface area (Å²) in [5, 5.41) is 25.9. The molecule has 4 N–H and O–H groups in total. The fourth-order valence-electron chi connectivity index (χ4n) is 4.30. The van der Waals surface area contributed by atoms with E-state index in [4.69, 9.17) is 0 Å². The van der Waals surface area contributed by atoms with Crippen LogP contribution in [0.3, 0.4) is 0 Å². The standard InChI is InChI=1S/C27H33N7O4/c1-17(2)32-22-5-4-8-28-25(22)33-9-11-34(12-10-33)27(38)23-7-6-19(13-30-23)26(37)31-15-21-20(16-35)14-29-18(3)24(21)36/h4-8,13-14,17,32,35-36H,9-12,15-16H2,1-3H3,(H,31,37). The molecular weight excluding hydrogens is 486 g/mol. The number of pyridine rings is 3. The first kappa shape index (κ1) is 26.8. The van der Waals surface area contributed by atoms with Crippen LogP contribution in [0.2, 0.25) is 0 Å². The fraction of sp³-hybridized carbons (Fsp3) is 0.370. The predicted molar refractivity (Wildman–Crippen MR) is 143 cm³/mol. The van der Waals surface area contributed by atoms with E-state index in [-0.39, 0.29) is 42.1 Å². The molecule has 0 spiro atoms. The fourth-order valence-corrected chi connectivity index (χ4v) is 4.30. The molecule has 4 rings (SSSR count). The quantitative estimate of drug-likeness (QED) is 0.352. The molecule has 0 unspecified atom stereocenters. The van der Waals surface area contributed by atoms with E-state index in [0.29, 0.717) is 43.0 Å². The average Bonchev–Trinajstić information content (AvgIpc) is 2.93. The Morgan fingerprint density at radius 2 is 1.82 bits per heavy atom. The number of carbonyl (C=O) groups excluding carboxylic acids is 2. The maximum atomic E-state index is 13.0. The summed E-state index contributed by atoms with van der Waals surface area (Å²) >= 11 is 0. The van der Waals surface area contributed by atoms with Crippen LogP contribution in [-0.4, -0.2) is 74.1 Å². The summed E-state index contributed by atoms with van der Waals surface area (Å²) in [4.78, 5) is 42.4. The van der Waals surface area contributed by atoms with Gasteiger partial charge >= 0.3 is 0 Å². The molecule has 1 saturated heterocycles. The minimum absolute atomic E-state index is 0.0134. The van der Waals surface area contributed by atoms with E-state index < -0.39 is 5.91 Å². The zero-order chi connectivity index (χ0) is 27.2. The van der Waals surface area contributed by atoms with Gasteiger partial charge in [0.25, 0.3) is 11.8 Å². The molecule has 0 atom stereocenters. The van der Waals surface area contributed by atoms with Gasteiger partial charge in [-0.15, -0.1) is 0 Å². The minimum Gasteiger partial charge on any atom is -0.506 e. The first-order chi connectivity index (χ1) is 18.3. The van der Waals surface area contributed by atoms with Gasteiger partial charge in [0.05, 0.1) is 23.6 Å². The molecular formula is C27H33N7O4. The Hall–Kier alpha value is -4.25. The lowest BCUT2D eigenvalue weighted by Gasteiger charge is -2.36. The number of hydrogen-bond donors (Lipinski definition) is 4. The van der Waals surface area contributed by atoms with Crippen molar-refractivity contribution in [3.63, 3.8) is 0 Å². The Bertz CT molecular complexity index is 1290. The average molecular weight is 520 g/mol. The monoisotopic (exact) mass is 519 g/mol. The van der Waals surface area contributed by atoms with Gasteiger partial charge in [-0.05, 0) is 45.0 Å². The highest BCUT2D eigenvalue weighted by Crippen LogP contribution is 2.25. The highest BCUT2D eigenvalue weighted by molar-refractivity contribution is 5.96. The van der Waals surface area contributed by atoms with E-state index in [1.807, 2.05) is 12.1 Å². The van der Waals surface area contributed by atoms with Crippen molar-refractivity contribution in [2.75, 3.05) is 36.4 Å². The van der Waals surface area contributed by atoms with Crippen LogP contribution in [0.1, 0.15) is 51.5 Å². The number of anilines is 2. The number of nitrogens with zero attached hydrogens (tertiary/aromatic N) is 5. The van der Waals surface area contributed by atoms with E-state index >= 15 is 0 Å². The molecule has 0 aromatic carbocycles. The molecule has 1 aliphatic heterocycles. The third-order valence-corrected chi connectivity index (χ3v) is 6.37. The Morgan fingerprint density at radius 3 is 2.47 bits per heavy atom. The van der Waals surface area contributed by atoms with Crippen LogP contribution in [0, 0.1) is 6.92 Å². The zero-order valence-corrected chi connectivity index (χ0v) is 21.8. The largest absolute Gasteiger partial charge is 0.506 e. The van der Waals surface area contributed by atoms with Crippen LogP contribution >= 0.6 is 0 Å². The van der Waals surface area contributed by atoms with Gasteiger partial charge < -0.3 is 30.6 Å². The molecule has 0 saturated carbocycles. The second kappa shape index (κ2) is 11.9. The molecule has 38 heavy (non-hydrogen) atoms. The molecule has 1 fully saturated rings. The first-order valence-corrected chi connectivity index (χ1v) is 12.6. The number of piperazine rings is 1. The smallest absolute Gasteiger partial charge is 0.272 e. The number of hydrogen-bond acceptors (Lipinski definition) is 9. The second-order valence-corrected chi connectivity index (χ2v) is 9.42. The summed E-state index contributed by atoms with van der Waals surface area (Å²) in [6, 6.07) is 7.28. The molecule has 0 bridgehead atoms. The van der Waals surface area contributed by atoms with Crippen molar-refractivity contribution in [2.24, 2.45) is 0 Å². The summed E-state index contributed by atoms with van der Waals surface area (Å²) in [6.45, 7) is 7.85. The van der Waals surface area contributed by atoms with Crippen LogP contribution in [0.15, 0.2) is 42.9 Å². The van der Waals surface area contributed by atoms with Crippen LogP contribution < -0.4 is 15.5 Å². The summed E-state index contributed by atoms with van der Waals surface area (Å²) in [5.41, 5.74) is 2.76. The number of aliphatic hydroxyl groups excluding tert-OH is 1. The van der Waals surface area contributed by atoms with E-state index in [0.717, 1.165) is 11.5 Å². The number of aromatic hydroxyl groups is 1. The van der Waals surface area contributed by atoms with Crippen LogP contribution in [0.25, 0.3) is 0 Å². The van der Waals surface area contributed by atoms with Crippen molar-refractivity contribution in [3.8, 4) is 5.75 Å². The molecule has 4 heterocycles. The number of aromatic nitrogens is 3. The molecule has 2 amide bonds. The van der Waals surface area contributed by atoms with Gasteiger partial charge in [-0.3, -0.25) is 19.6 Å². The van der Waals surface area contributed by atoms with Gasteiger partial charge in [-0.1, -0.05) is 0 Å². The van der Waals surface area contributed by atoms with Gasteiger partial charge in [0.1, 0.15) is 11.4 Å². The predicted octanol–water partition coefficient (Wildman–Crippen LogP) is 2.09. The highest BCUT2D eigenvalue weighted by Gasteiger charge is 2.25. The minimum atomic E-state index is -0.413. The van der Waals surface area contributed by atoms with Crippen molar-refractivity contribution in [1.29, 1.82) is 0 Å². The molecule has 0 aliphatic carbocycles. The summed E-state index contributed by atoms with van der Waals surface area (Å²) < 4.78 is 0. The number of aliphatic hydroxyl groups is 1. The van der Waals surface area contributed by atoms with Crippen LogP contribution in [0.4, 0.5) is 11.5 Å². The van der Waals surface area contributed by atoms with E-state index in [1.54, 1.807) is 30.2 Å². The SMILES string of the molecule is Cc1ncc(CO)c(CNC(=O)c2ccc(C(=O)N3CCN(c4ncccc4NC(C)C)CC3)nc2)c1O. The summed E-state index contributed by atoms with van der Waals surface area (Å²) in [7, 11) is 0. The molecule has 3 aromatic heterocycles. The second-order valence-electron chi connectivity index (χ2n) is 9.42. The van der Waals surface area contributed by atoms with E-state index in [1.165, 1.54) is 12.4 Å². The van der Waals surface area contributed by atoms with Gasteiger partial charge in [0, 0.05) is 68.5 Å². The maximum Gasteiger partial charge on any atom is 0.272 e. The topological polar surface area (TPSA) is 144 Å². The molecule has 200 valence electrons. The van der Waals surface area contributed by atoms with Crippen molar-refractivity contribution in [2.45, 2.75) is 40.0 Å². The van der Waals surface area contributed by atoms with Gasteiger partial charge in [0.15, 0.2) is 5.82 Å². The van der Waals surface area contributed by atoms with Crippen LogP contribution in [0.5, 0.6) is 5.75 Å². The van der Waals surface area contributed by atoms with E-state index in [9.17, 15) is 19.8 Å². The van der Waals surface area contributed by atoms with Gasteiger partial charge in [-0.25, -0.2) is 4.98 Å². The number of rotatable bonds is 8. The molecule has 1 aliphatic rings. The van der Waals surface area contributed by atoms with Crippen LogP contribution in [-0.2, 0) is 13.2 Å². The molecule has 11 nitrogen and oxygen atoms in total. The number of amides is 2. The summed E-state index contributed by atoms with van der Waals surface area (Å²) in [6.07, 6.45) is 4.60. The lowest BCUT2D eigenvalue weighted by molar-refractivity contribution is 0.0740. The van der Waals surface area contributed by atoms with Crippen molar-refractivity contribution < 1.29 is 19.8 Å². The number of aryl methyl sites for hydroxylation is 1. The van der Waals surface area contributed by atoms with Crippen molar-refractivity contribution in [3.05, 3.63) is 70.9 Å². The lowest BCUT2D eigenvalue weighted by atomic mass is 10.1. The maximum absolute atomic E-state index is 13.0. The normalized spacial score (nSPS) is 13.5. The van der Waals surface area contributed by atoms with E-state index in [2.05, 4.69) is 44.3 Å². The Kier molecular flexibility index (Phi) is 8.37. The first-order valence-electron chi connectivity index (χ1n) is 12.6. The Balaban J connectivity index is 1.35. The molecule has 11 heteroatoms. The summed E-state index contributed by atoms with van der Waals surface area (Å²) in [5.74, 6) is 0.210. The third-order valence-electron chi connectivity index (χ3n) is 6.37. The molecule has 3 aromatic rings. The highest BCUT2D eigenvalue weighted by atomic mass is 16.3. The Morgan fingerprint density at radius 1 is 1.05 bits per heavy atom. The van der Waals surface area contributed by atoms with Gasteiger partial charge in [-0.2, -0.15) is 0 Å². The van der Waals surface area contributed by atoms with Crippen molar-refractivity contribution >= 4 is 23.3 Å². The lowest BCUT2D eigenvalue weighted by Crippen LogP contribution is -2.49. The number of nitrogens with one attached hydrogen (secondary N) is 2. The van der Waals surface area contributed by atoms with Crippen molar-refractivity contribution in [1.82, 2.24) is 25.2 Å². The third kappa shape index (κ3) is 6.00. The zero-order valence-electron chi connectivity index (χ0n) is 21.8. The molecule has 0 radical (unpaired) electrons.